The number of fused-ring (bicyclic) bond motifs is 1. The van der Waals surface area contributed by atoms with Crippen LogP contribution in [0.1, 0.15) is 37.2 Å². The Hall–Kier alpha value is -2.29. The number of nitrogens with zero attached hydrogens (tertiary/aromatic N) is 2. The largest absolute Gasteiger partial charge is 0.427 e. The maximum atomic E-state index is 12.6. The number of carbonyl (C=O) groups excluding carboxylic acids is 1. The van der Waals surface area contributed by atoms with Crippen molar-refractivity contribution in [1.82, 2.24) is 0 Å². The Balaban J connectivity index is 1.82. The number of Topliss-reactive ketones (excluding diaryl/α,β-unsaturated/α-hetero) is 1. The molecule has 2 aliphatic heterocycles. The molecule has 0 N–H and O–H groups in total. The third-order valence-corrected chi connectivity index (χ3v) is 6.40. The molecule has 1 fully saturated rings. The van der Waals surface area contributed by atoms with E-state index in [2.05, 4.69) is 4.74 Å². The number of benzene rings is 1. The zero-order chi connectivity index (χ0) is 19.1. The molecule has 0 aromatic heterocycles. The van der Waals surface area contributed by atoms with Crippen LogP contribution >= 0.6 is 11.8 Å². The molecule has 3 aliphatic rings. The Morgan fingerprint density at radius 1 is 1.30 bits per heavy atom. The first-order valence-corrected chi connectivity index (χ1v) is 9.69. The summed E-state index contributed by atoms with van der Waals surface area (Å²) in [6.07, 6.45) is 2.73. The highest BCUT2D eigenvalue weighted by Gasteiger charge is 2.42. The molecule has 1 aromatic carbocycles. The molecule has 27 heavy (non-hydrogen) atoms. The highest BCUT2D eigenvalue weighted by molar-refractivity contribution is 8.01. The van der Waals surface area contributed by atoms with E-state index in [1.165, 1.54) is 12.1 Å². The molecule has 2 heterocycles. The molecule has 1 saturated heterocycles. The Labute approximate surface area is 157 Å². The van der Waals surface area contributed by atoms with Crippen molar-refractivity contribution >= 4 is 28.9 Å². The number of allylic oxidation sites excluding steroid dienone is 2. The maximum absolute atomic E-state index is 12.6. The lowest BCUT2D eigenvalue weighted by Crippen LogP contribution is -2.32. The first-order valence-electron chi connectivity index (χ1n) is 8.64. The molecule has 1 aliphatic carbocycles. The van der Waals surface area contributed by atoms with Gasteiger partial charge in [-0.1, -0.05) is 6.07 Å². The van der Waals surface area contributed by atoms with Gasteiger partial charge in [-0.15, -0.1) is 0 Å². The lowest BCUT2D eigenvalue weighted by atomic mass is 9.77. The summed E-state index contributed by atoms with van der Waals surface area (Å²) in [7, 11) is 0. The number of ketones is 1. The Bertz CT molecular complexity index is 884. The molecular weight excluding hydrogens is 378 g/mol. The highest BCUT2D eigenvalue weighted by Crippen LogP contribution is 2.48. The number of ether oxygens (including phenoxy) is 1. The van der Waals surface area contributed by atoms with Gasteiger partial charge in [-0.3, -0.25) is 19.9 Å². The predicted octanol–water partition coefficient (Wildman–Crippen LogP) is 4.25. The number of alkyl halides is 2. The van der Waals surface area contributed by atoms with Crippen molar-refractivity contribution in [3.8, 4) is 5.75 Å². The summed E-state index contributed by atoms with van der Waals surface area (Å²) in [6, 6.07) is 4.00. The van der Waals surface area contributed by atoms with Gasteiger partial charge in [0.05, 0.1) is 10.2 Å². The van der Waals surface area contributed by atoms with E-state index in [4.69, 9.17) is 4.99 Å². The Morgan fingerprint density at radius 2 is 2.11 bits per heavy atom. The lowest BCUT2D eigenvalue weighted by molar-refractivity contribution is -0.386. The predicted molar refractivity (Wildman–Crippen MR) is 96.7 cm³/mol. The van der Waals surface area contributed by atoms with Crippen molar-refractivity contribution in [2.45, 2.75) is 43.5 Å². The van der Waals surface area contributed by atoms with Crippen molar-refractivity contribution in [3.63, 3.8) is 0 Å². The average molecular weight is 394 g/mol. The number of halogens is 2. The fraction of sp³-hybridized carbons (Fsp3) is 0.444. The fourth-order valence-corrected chi connectivity index (χ4v) is 5.41. The first-order chi connectivity index (χ1) is 13.0. The molecule has 0 saturated carbocycles. The lowest BCUT2D eigenvalue weighted by Gasteiger charge is -2.33. The van der Waals surface area contributed by atoms with Crippen LogP contribution in [0.4, 0.5) is 14.5 Å². The molecule has 2 unspecified atom stereocenters. The minimum absolute atomic E-state index is 0.0205. The van der Waals surface area contributed by atoms with Crippen molar-refractivity contribution in [2.24, 2.45) is 4.99 Å². The van der Waals surface area contributed by atoms with Gasteiger partial charge in [0, 0.05) is 35.4 Å². The Morgan fingerprint density at radius 3 is 2.85 bits per heavy atom. The molecule has 4 rings (SSSR count). The minimum atomic E-state index is -3.15. The zero-order valence-corrected chi connectivity index (χ0v) is 15.0. The van der Waals surface area contributed by atoms with Gasteiger partial charge in [-0.2, -0.15) is 20.5 Å². The van der Waals surface area contributed by atoms with E-state index < -0.39 is 23.0 Å². The molecule has 9 heteroatoms. The third-order valence-electron chi connectivity index (χ3n) is 5.06. The van der Waals surface area contributed by atoms with E-state index in [1.807, 2.05) is 0 Å². The average Bonchev–Trinajstić information content (AvgIpc) is 3.08. The second kappa shape index (κ2) is 7.03. The summed E-state index contributed by atoms with van der Waals surface area (Å²) in [6.45, 7) is -3.15. The van der Waals surface area contributed by atoms with Crippen molar-refractivity contribution in [2.75, 3.05) is 5.75 Å². The van der Waals surface area contributed by atoms with Crippen LogP contribution in [0.25, 0.3) is 0 Å². The van der Waals surface area contributed by atoms with E-state index >= 15 is 0 Å². The standard InChI is InChI=1S/C18H16F2N2O4S/c19-18(20)26-14-5-4-9(8-12(14)22(24)25)15-16-10(2-1-3-13(16)23)21-11-6-7-27-17(11)15/h4-5,8,15,17-18H,1-3,6-7H2. The summed E-state index contributed by atoms with van der Waals surface area (Å²) in [4.78, 5) is 28.0. The molecule has 1 aromatic rings. The maximum Gasteiger partial charge on any atom is 0.387 e. The number of hydrogen-bond donors (Lipinski definition) is 0. The highest BCUT2D eigenvalue weighted by atomic mass is 32.2. The second-order valence-electron chi connectivity index (χ2n) is 6.62. The number of rotatable bonds is 4. The summed E-state index contributed by atoms with van der Waals surface area (Å²) < 4.78 is 29.4. The Kier molecular flexibility index (Phi) is 4.71. The van der Waals surface area contributed by atoms with E-state index in [0.717, 1.165) is 30.0 Å². The van der Waals surface area contributed by atoms with Gasteiger partial charge in [0.2, 0.25) is 5.75 Å². The second-order valence-corrected chi connectivity index (χ2v) is 7.87. The number of thioether (sulfide) groups is 1. The van der Waals surface area contributed by atoms with Crippen LogP contribution in [0.15, 0.2) is 34.5 Å². The molecule has 0 radical (unpaired) electrons. The molecule has 0 bridgehead atoms. The van der Waals surface area contributed by atoms with Crippen LogP contribution in [0.5, 0.6) is 5.75 Å². The smallest absolute Gasteiger partial charge is 0.387 e. The topological polar surface area (TPSA) is 81.8 Å². The summed E-state index contributed by atoms with van der Waals surface area (Å²) >= 11 is 1.68. The van der Waals surface area contributed by atoms with Crippen molar-refractivity contribution < 1.29 is 23.2 Å². The number of hydrogen-bond acceptors (Lipinski definition) is 6. The van der Waals surface area contributed by atoms with Crippen LogP contribution in [0.3, 0.4) is 0 Å². The van der Waals surface area contributed by atoms with Gasteiger partial charge in [0.15, 0.2) is 5.78 Å². The van der Waals surface area contributed by atoms with Gasteiger partial charge < -0.3 is 4.74 Å². The number of carbonyl (C=O) groups is 1. The molecule has 142 valence electrons. The van der Waals surface area contributed by atoms with E-state index in [-0.39, 0.29) is 17.0 Å². The van der Waals surface area contributed by atoms with E-state index in [0.29, 0.717) is 24.0 Å². The van der Waals surface area contributed by atoms with Gasteiger partial charge in [0.1, 0.15) is 0 Å². The van der Waals surface area contributed by atoms with Crippen LogP contribution in [0.2, 0.25) is 0 Å². The monoisotopic (exact) mass is 394 g/mol. The normalized spacial score (nSPS) is 24.6. The van der Waals surface area contributed by atoms with Gasteiger partial charge >= 0.3 is 12.3 Å². The number of nitro benzene ring substituents is 1. The molecule has 6 nitrogen and oxygen atoms in total. The summed E-state index contributed by atoms with van der Waals surface area (Å²) in [5, 5.41) is 11.3. The molecular formula is C18H16F2N2O4S. The van der Waals surface area contributed by atoms with Gasteiger partial charge in [-0.05, 0) is 36.6 Å². The molecule has 0 amide bonds. The van der Waals surface area contributed by atoms with E-state index in [9.17, 15) is 23.7 Å². The first kappa shape index (κ1) is 18.1. The van der Waals surface area contributed by atoms with Gasteiger partial charge in [0.25, 0.3) is 0 Å². The minimum Gasteiger partial charge on any atom is -0.427 e. The molecule has 2 atom stereocenters. The third kappa shape index (κ3) is 3.24. The number of nitro groups is 1. The zero-order valence-electron chi connectivity index (χ0n) is 14.2. The van der Waals surface area contributed by atoms with Crippen LogP contribution in [0, 0.1) is 10.1 Å². The van der Waals surface area contributed by atoms with E-state index in [1.54, 1.807) is 17.8 Å². The summed E-state index contributed by atoms with van der Waals surface area (Å²) in [5.74, 6) is 0.0783. The van der Waals surface area contributed by atoms with Crippen LogP contribution in [-0.2, 0) is 4.79 Å². The fourth-order valence-electron chi connectivity index (χ4n) is 3.99. The van der Waals surface area contributed by atoms with Crippen LogP contribution < -0.4 is 4.74 Å². The molecule has 0 spiro atoms. The van der Waals surface area contributed by atoms with Crippen molar-refractivity contribution in [1.29, 1.82) is 0 Å². The van der Waals surface area contributed by atoms with Crippen LogP contribution in [-0.4, -0.2) is 34.0 Å². The quantitative estimate of drug-likeness (QED) is 0.563. The van der Waals surface area contributed by atoms with Gasteiger partial charge in [-0.25, -0.2) is 0 Å². The SMILES string of the molecule is O=C1CCCC2=C1C(c1ccc(OC(F)F)c([N+](=O)[O-])c1)C1SCCC1=N2. The van der Waals surface area contributed by atoms with Crippen molar-refractivity contribution in [3.05, 3.63) is 45.1 Å². The summed E-state index contributed by atoms with van der Waals surface area (Å²) in [5.41, 5.74) is 2.46. The number of aliphatic imine (C=N–C) groups is 1.